The first-order valence-electron chi connectivity index (χ1n) is 6.91. The number of hydrogen-bond donors (Lipinski definition) is 1. The van der Waals surface area contributed by atoms with Crippen LogP contribution in [0.3, 0.4) is 0 Å². The highest BCUT2D eigenvalue weighted by molar-refractivity contribution is 5.34. The first-order valence-corrected chi connectivity index (χ1v) is 6.91. The molecule has 1 heterocycles. The second kappa shape index (κ2) is 6.05. The Kier molecular flexibility index (Phi) is 3.97. The van der Waals surface area contributed by atoms with Gasteiger partial charge in [-0.05, 0) is 31.0 Å². The highest BCUT2D eigenvalue weighted by Crippen LogP contribution is 2.23. The van der Waals surface area contributed by atoms with Crippen LogP contribution in [0.2, 0.25) is 0 Å². The maximum atomic E-state index is 13.3. The van der Waals surface area contributed by atoms with Gasteiger partial charge in [0, 0.05) is 30.5 Å². The molecular weight excluding hydrogens is 257 g/mol. The van der Waals surface area contributed by atoms with Crippen LogP contribution in [0.5, 0.6) is 5.75 Å². The van der Waals surface area contributed by atoms with Crippen LogP contribution in [0.4, 0.5) is 4.39 Å². The minimum atomic E-state index is -0.223. The van der Waals surface area contributed by atoms with Crippen LogP contribution in [0.15, 0.2) is 36.9 Å². The van der Waals surface area contributed by atoms with Crippen LogP contribution >= 0.6 is 0 Å². The summed E-state index contributed by atoms with van der Waals surface area (Å²) in [6.45, 7) is 1.92. The van der Waals surface area contributed by atoms with Gasteiger partial charge in [0.2, 0.25) is 0 Å². The molecule has 1 aromatic carbocycles. The van der Waals surface area contributed by atoms with Gasteiger partial charge in [-0.25, -0.2) is 9.37 Å². The number of ether oxygens (including phenoxy) is 1. The fraction of sp³-hybridized carbons (Fsp3) is 0.400. The quantitative estimate of drug-likeness (QED) is 0.843. The predicted octanol–water partition coefficient (Wildman–Crippen LogP) is 2.35. The Morgan fingerprint density at radius 3 is 3.05 bits per heavy atom. The zero-order chi connectivity index (χ0) is 13.8. The van der Waals surface area contributed by atoms with E-state index in [-0.39, 0.29) is 5.82 Å². The van der Waals surface area contributed by atoms with E-state index < -0.39 is 0 Å². The zero-order valence-corrected chi connectivity index (χ0v) is 11.3. The van der Waals surface area contributed by atoms with E-state index in [1.807, 2.05) is 10.8 Å². The van der Waals surface area contributed by atoms with Gasteiger partial charge in [0.1, 0.15) is 18.2 Å². The zero-order valence-electron chi connectivity index (χ0n) is 11.3. The number of hydrogen-bond acceptors (Lipinski definition) is 3. The van der Waals surface area contributed by atoms with E-state index in [1.165, 1.54) is 18.9 Å². The van der Waals surface area contributed by atoms with Crippen molar-refractivity contribution in [3.63, 3.8) is 0 Å². The molecular formula is C15H18FN3O. The highest BCUT2D eigenvalue weighted by Gasteiger charge is 2.20. The molecule has 20 heavy (non-hydrogen) atoms. The van der Waals surface area contributed by atoms with E-state index in [1.54, 1.807) is 24.7 Å². The van der Waals surface area contributed by atoms with Crippen LogP contribution in [0.25, 0.3) is 0 Å². The van der Waals surface area contributed by atoms with Gasteiger partial charge in [-0.3, -0.25) is 0 Å². The van der Waals surface area contributed by atoms with Crippen molar-refractivity contribution < 1.29 is 9.13 Å². The monoisotopic (exact) mass is 275 g/mol. The lowest BCUT2D eigenvalue weighted by Gasteiger charge is -2.12. The summed E-state index contributed by atoms with van der Waals surface area (Å²) < 4.78 is 21.0. The topological polar surface area (TPSA) is 39.1 Å². The third-order valence-electron chi connectivity index (χ3n) is 3.35. The Balaban J connectivity index is 1.58. The molecule has 1 N–H and O–H groups in total. The summed E-state index contributed by atoms with van der Waals surface area (Å²) in [6, 6.07) is 5.28. The summed E-state index contributed by atoms with van der Waals surface area (Å²) in [4.78, 5) is 3.98. The van der Waals surface area contributed by atoms with Gasteiger partial charge in [-0.15, -0.1) is 0 Å². The lowest BCUT2D eigenvalue weighted by atomic mass is 10.2. The standard InChI is InChI=1S/C15H18FN3O/c16-13-1-4-15(12(9-13)10-18-14-2-3-14)20-8-7-19-6-5-17-11-19/h1,4-6,9,11,14,18H,2-3,7-8,10H2. The molecule has 2 aromatic rings. The summed E-state index contributed by atoms with van der Waals surface area (Å²) >= 11 is 0. The molecule has 3 rings (SSSR count). The molecule has 5 heteroatoms. The first kappa shape index (κ1) is 13.1. The van der Waals surface area contributed by atoms with Crippen LogP contribution < -0.4 is 10.1 Å². The molecule has 4 nitrogen and oxygen atoms in total. The average Bonchev–Trinajstić information content (AvgIpc) is 3.13. The van der Waals surface area contributed by atoms with Crippen LogP contribution in [-0.4, -0.2) is 22.2 Å². The van der Waals surface area contributed by atoms with Gasteiger partial charge >= 0.3 is 0 Å². The van der Waals surface area contributed by atoms with Gasteiger partial charge in [-0.1, -0.05) is 0 Å². The lowest BCUT2D eigenvalue weighted by molar-refractivity contribution is 0.294. The molecule has 1 aliphatic carbocycles. The first-order chi connectivity index (χ1) is 9.81. The fourth-order valence-corrected chi connectivity index (χ4v) is 2.05. The Labute approximate surface area is 117 Å². The Morgan fingerprint density at radius 2 is 2.30 bits per heavy atom. The minimum absolute atomic E-state index is 0.223. The number of imidazole rings is 1. The number of nitrogens with one attached hydrogen (secondary N) is 1. The normalized spacial score (nSPS) is 14.4. The molecule has 0 radical (unpaired) electrons. The number of benzene rings is 1. The molecule has 1 saturated carbocycles. The van der Waals surface area contributed by atoms with Gasteiger partial charge in [0.15, 0.2) is 0 Å². The molecule has 0 amide bonds. The van der Waals surface area contributed by atoms with Crippen LogP contribution in [-0.2, 0) is 13.1 Å². The van der Waals surface area contributed by atoms with E-state index in [4.69, 9.17) is 4.74 Å². The van der Waals surface area contributed by atoms with Gasteiger partial charge in [0.05, 0.1) is 12.9 Å². The van der Waals surface area contributed by atoms with Crippen molar-refractivity contribution in [2.45, 2.75) is 32.0 Å². The fourth-order valence-electron chi connectivity index (χ4n) is 2.05. The molecule has 0 unspecified atom stereocenters. The van der Waals surface area contributed by atoms with Crippen molar-refractivity contribution >= 4 is 0 Å². The smallest absolute Gasteiger partial charge is 0.124 e. The van der Waals surface area contributed by atoms with E-state index >= 15 is 0 Å². The van der Waals surface area contributed by atoms with Crippen LogP contribution in [0.1, 0.15) is 18.4 Å². The summed E-state index contributed by atoms with van der Waals surface area (Å²) in [6.07, 6.45) is 7.81. The third-order valence-corrected chi connectivity index (χ3v) is 3.35. The van der Waals surface area contributed by atoms with Gasteiger partial charge in [0.25, 0.3) is 0 Å². The molecule has 1 aliphatic rings. The largest absolute Gasteiger partial charge is 0.491 e. The summed E-state index contributed by atoms with van der Waals surface area (Å²) in [5.74, 6) is 0.527. The SMILES string of the molecule is Fc1ccc(OCCn2ccnc2)c(CNC2CC2)c1. The highest BCUT2D eigenvalue weighted by atomic mass is 19.1. The summed E-state index contributed by atoms with van der Waals surface area (Å²) in [7, 11) is 0. The molecule has 0 bridgehead atoms. The van der Waals surface area contributed by atoms with Crippen molar-refractivity contribution in [3.8, 4) is 5.75 Å². The average molecular weight is 275 g/mol. The predicted molar refractivity (Wildman–Crippen MR) is 74.0 cm³/mol. The number of rotatable bonds is 7. The van der Waals surface area contributed by atoms with Crippen molar-refractivity contribution in [3.05, 3.63) is 48.3 Å². The molecule has 106 valence electrons. The van der Waals surface area contributed by atoms with Gasteiger partial charge < -0.3 is 14.6 Å². The Bertz CT molecular complexity index is 552. The minimum Gasteiger partial charge on any atom is -0.491 e. The van der Waals surface area contributed by atoms with Gasteiger partial charge in [-0.2, -0.15) is 0 Å². The molecule has 0 atom stereocenters. The lowest BCUT2D eigenvalue weighted by Crippen LogP contribution is -2.17. The van der Waals surface area contributed by atoms with Crippen molar-refractivity contribution in [1.29, 1.82) is 0 Å². The summed E-state index contributed by atoms with van der Waals surface area (Å²) in [5, 5.41) is 3.38. The number of aromatic nitrogens is 2. The maximum absolute atomic E-state index is 13.3. The molecule has 0 spiro atoms. The maximum Gasteiger partial charge on any atom is 0.124 e. The third kappa shape index (κ3) is 3.57. The van der Waals surface area contributed by atoms with Crippen molar-refractivity contribution in [2.24, 2.45) is 0 Å². The van der Waals surface area contributed by atoms with E-state index in [0.717, 1.165) is 17.9 Å². The number of nitrogens with zero attached hydrogens (tertiary/aromatic N) is 2. The van der Waals surface area contributed by atoms with Crippen LogP contribution in [0, 0.1) is 5.82 Å². The number of halogens is 1. The Hall–Kier alpha value is -1.88. The molecule has 1 fully saturated rings. The molecule has 1 aromatic heterocycles. The molecule has 0 saturated heterocycles. The summed E-state index contributed by atoms with van der Waals surface area (Å²) in [5.41, 5.74) is 0.877. The Morgan fingerprint density at radius 1 is 1.40 bits per heavy atom. The van der Waals surface area contributed by atoms with E-state index in [2.05, 4.69) is 10.3 Å². The van der Waals surface area contributed by atoms with E-state index in [0.29, 0.717) is 19.2 Å². The second-order valence-corrected chi connectivity index (χ2v) is 5.06. The molecule has 0 aliphatic heterocycles. The van der Waals surface area contributed by atoms with E-state index in [9.17, 15) is 4.39 Å². The second-order valence-electron chi connectivity index (χ2n) is 5.06. The van der Waals surface area contributed by atoms with Crippen molar-refractivity contribution in [1.82, 2.24) is 14.9 Å². The van der Waals surface area contributed by atoms with Crippen molar-refractivity contribution in [2.75, 3.05) is 6.61 Å².